The smallest absolute Gasteiger partial charge is 0.128 e. The number of hydrogen-bond acceptors (Lipinski definition) is 3. The van der Waals surface area contributed by atoms with E-state index in [0.29, 0.717) is 6.04 Å². The van der Waals surface area contributed by atoms with Gasteiger partial charge < -0.3 is 10.2 Å². The lowest BCUT2D eigenvalue weighted by Gasteiger charge is -2.21. The van der Waals surface area contributed by atoms with Crippen LogP contribution < -0.4 is 10.2 Å². The number of nitrogens with one attached hydrogen (secondary N) is 1. The number of nitrogens with zero attached hydrogens (tertiary/aromatic N) is 2. The summed E-state index contributed by atoms with van der Waals surface area (Å²) in [6.45, 7) is 2.22. The highest BCUT2D eigenvalue weighted by atomic mass is 35.5. The zero-order valence-electron chi connectivity index (χ0n) is 9.02. The molecule has 0 spiro atoms. The molecule has 1 aliphatic heterocycles. The minimum Gasteiger partial charge on any atom is -0.358 e. The first-order chi connectivity index (χ1) is 6.86. The Morgan fingerprint density at radius 2 is 2.40 bits per heavy atom. The molecule has 1 atom stereocenters. The average Bonchev–Trinajstić information content (AvgIpc) is 2.72. The first kappa shape index (κ1) is 12.3. The summed E-state index contributed by atoms with van der Waals surface area (Å²) >= 11 is 0. The minimum atomic E-state index is 0. The van der Waals surface area contributed by atoms with E-state index in [4.69, 9.17) is 0 Å². The molecule has 84 valence electrons. The predicted octanol–water partition coefficient (Wildman–Crippen LogP) is 1.69. The highest BCUT2D eigenvalue weighted by Gasteiger charge is 2.16. The fourth-order valence-electron chi connectivity index (χ4n) is 1.92. The van der Waals surface area contributed by atoms with Crippen LogP contribution in [0.25, 0.3) is 0 Å². The van der Waals surface area contributed by atoms with Crippen LogP contribution in [0.5, 0.6) is 0 Å². The summed E-state index contributed by atoms with van der Waals surface area (Å²) in [5.74, 6) is 1.06. The molecule has 1 saturated heterocycles. The zero-order chi connectivity index (χ0) is 9.80. The molecule has 0 amide bonds. The Hall–Kier alpha value is -0.800. The molecule has 1 aliphatic rings. The van der Waals surface area contributed by atoms with Crippen molar-refractivity contribution in [3.63, 3.8) is 0 Å². The molecule has 1 N–H and O–H groups in total. The number of halogens is 1. The van der Waals surface area contributed by atoms with Crippen LogP contribution in [0, 0.1) is 0 Å². The third kappa shape index (κ3) is 3.36. The number of pyridine rings is 1. The SMILES string of the molecule is CN(CC1CCCN1)c1ccccn1.Cl. The van der Waals surface area contributed by atoms with Crippen LogP contribution in [0.1, 0.15) is 12.8 Å². The molecule has 2 heterocycles. The molecule has 3 nitrogen and oxygen atoms in total. The predicted molar refractivity (Wildman–Crippen MR) is 65.8 cm³/mol. The maximum absolute atomic E-state index is 4.32. The monoisotopic (exact) mass is 227 g/mol. The highest BCUT2D eigenvalue weighted by Crippen LogP contribution is 2.11. The number of likely N-dealkylation sites (N-methyl/N-ethyl adjacent to an activating group) is 1. The van der Waals surface area contributed by atoms with Crippen molar-refractivity contribution in [3.8, 4) is 0 Å². The summed E-state index contributed by atoms with van der Waals surface area (Å²) in [7, 11) is 2.10. The molecule has 0 aliphatic carbocycles. The number of hydrogen-bond donors (Lipinski definition) is 1. The Bertz CT molecular complexity index is 272. The van der Waals surface area contributed by atoms with E-state index in [-0.39, 0.29) is 12.4 Å². The standard InChI is InChI=1S/C11H17N3.ClH/c1-14(9-10-5-4-8-12-10)11-6-2-3-7-13-11;/h2-3,6-7,10,12H,4-5,8-9H2,1H3;1H. The van der Waals surface area contributed by atoms with Gasteiger partial charge in [-0.2, -0.15) is 0 Å². The van der Waals surface area contributed by atoms with Gasteiger partial charge in [-0.3, -0.25) is 0 Å². The fourth-order valence-corrected chi connectivity index (χ4v) is 1.92. The molecule has 4 heteroatoms. The van der Waals surface area contributed by atoms with Crippen molar-refractivity contribution in [2.75, 3.05) is 25.0 Å². The van der Waals surface area contributed by atoms with E-state index in [9.17, 15) is 0 Å². The minimum absolute atomic E-state index is 0. The largest absolute Gasteiger partial charge is 0.358 e. The van der Waals surface area contributed by atoms with Crippen LogP contribution in [0.2, 0.25) is 0 Å². The third-order valence-corrected chi connectivity index (χ3v) is 2.70. The maximum Gasteiger partial charge on any atom is 0.128 e. The number of anilines is 1. The van der Waals surface area contributed by atoms with Crippen molar-refractivity contribution >= 4 is 18.2 Å². The van der Waals surface area contributed by atoms with E-state index in [0.717, 1.165) is 12.4 Å². The van der Waals surface area contributed by atoms with Crippen LogP contribution >= 0.6 is 12.4 Å². The zero-order valence-corrected chi connectivity index (χ0v) is 9.83. The lowest BCUT2D eigenvalue weighted by atomic mass is 10.2. The average molecular weight is 228 g/mol. The first-order valence-electron chi connectivity index (χ1n) is 5.22. The molecule has 1 aromatic rings. The van der Waals surface area contributed by atoms with Crippen molar-refractivity contribution in [1.82, 2.24) is 10.3 Å². The van der Waals surface area contributed by atoms with Gasteiger partial charge in [-0.05, 0) is 31.5 Å². The Morgan fingerprint density at radius 1 is 1.53 bits per heavy atom. The quantitative estimate of drug-likeness (QED) is 0.852. The molecule has 0 radical (unpaired) electrons. The van der Waals surface area contributed by atoms with Crippen LogP contribution in [0.4, 0.5) is 5.82 Å². The van der Waals surface area contributed by atoms with Gasteiger partial charge >= 0.3 is 0 Å². The van der Waals surface area contributed by atoms with E-state index in [1.54, 1.807) is 0 Å². The summed E-state index contributed by atoms with van der Waals surface area (Å²) in [5, 5.41) is 3.49. The lowest BCUT2D eigenvalue weighted by Crippen LogP contribution is -2.35. The molecule has 15 heavy (non-hydrogen) atoms. The molecule has 1 fully saturated rings. The number of rotatable bonds is 3. The van der Waals surface area contributed by atoms with Crippen molar-refractivity contribution in [2.45, 2.75) is 18.9 Å². The molecule has 1 aromatic heterocycles. The van der Waals surface area contributed by atoms with Crippen LogP contribution in [0.3, 0.4) is 0 Å². The first-order valence-corrected chi connectivity index (χ1v) is 5.22. The summed E-state index contributed by atoms with van der Waals surface area (Å²) in [6.07, 6.45) is 4.44. The highest BCUT2D eigenvalue weighted by molar-refractivity contribution is 5.85. The van der Waals surface area contributed by atoms with Gasteiger partial charge in [0.1, 0.15) is 5.82 Å². The van der Waals surface area contributed by atoms with Gasteiger partial charge in [-0.15, -0.1) is 12.4 Å². The molecular weight excluding hydrogens is 210 g/mol. The van der Waals surface area contributed by atoms with Gasteiger partial charge in [0.05, 0.1) is 0 Å². The van der Waals surface area contributed by atoms with E-state index in [2.05, 4.69) is 28.3 Å². The van der Waals surface area contributed by atoms with Crippen molar-refractivity contribution in [2.24, 2.45) is 0 Å². The van der Waals surface area contributed by atoms with Crippen molar-refractivity contribution in [3.05, 3.63) is 24.4 Å². The summed E-state index contributed by atoms with van der Waals surface area (Å²) < 4.78 is 0. The van der Waals surface area contributed by atoms with E-state index in [1.807, 2.05) is 18.3 Å². The van der Waals surface area contributed by atoms with Gasteiger partial charge in [-0.25, -0.2) is 4.98 Å². The maximum atomic E-state index is 4.32. The van der Waals surface area contributed by atoms with Gasteiger partial charge in [-0.1, -0.05) is 6.07 Å². The van der Waals surface area contributed by atoms with E-state index < -0.39 is 0 Å². The van der Waals surface area contributed by atoms with Gasteiger partial charge in [0.2, 0.25) is 0 Å². The molecule has 0 saturated carbocycles. The summed E-state index contributed by atoms with van der Waals surface area (Å²) in [4.78, 5) is 6.53. The second-order valence-electron chi connectivity index (χ2n) is 3.86. The molecule has 2 rings (SSSR count). The third-order valence-electron chi connectivity index (χ3n) is 2.70. The normalized spacial score (nSPS) is 19.7. The molecule has 1 unspecified atom stereocenters. The van der Waals surface area contributed by atoms with Gasteiger partial charge in [0.25, 0.3) is 0 Å². The van der Waals surface area contributed by atoms with E-state index in [1.165, 1.54) is 19.4 Å². The second kappa shape index (κ2) is 5.93. The second-order valence-corrected chi connectivity index (χ2v) is 3.86. The summed E-state index contributed by atoms with van der Waals surface area (Å²) in [6, 6.07) is 6.67. The summed E-state index contributed by atoms with van der Waals surface area (Å²) in [5.41, 5.74) is 0. The Morgan fingerprint density at radius 3 is 3.00 bits per heavy atom. The van der Waals surface area contributed by atoms with E-state index >= 15 is 0 Å². The lowest BCUT2D eigenvalue weighted by molar-refractivity contribution is 0.597. The molecule has 0 bridgehead atoms. The van der Waals surface area contributed by atoms with Gasteiger partial charge in [0.15, 0.2) is 0 Å². The Balaban J connectivity index is 0.00000112. The van der Waals surface area contributed by atoms with Gasteiger partial charge in [0, 0.05) is 25.8 Å². The fraction of sp³-hybridized carbons (Fsp3) is 0.545. The molecular formula is C11H18ClN3. The topological polar surface area (TPSA) is 28.2 Å². The molecule has 0 aromatic carbocycles. The van der Waals surface area contributed by atoms with Crippen molar-refractivity contribution in [1.29, 1.82) is 0 Å². The number of aromatic nitrogens is 1. The Labute approximate surface area is 97.3 Å². The Kier molecular flexibility index (Phi) is 4.85. The van der Waals surface area contributed by atoms with Crippen molar-refractivity contribution < 1.29 is 0 Å². The van der Waals surface area contributed by atoms with Crippen LogP contribution in [0.15, 0.2) is 24.4 Å². The van der Waals surface area contributed by atoms with Crippen LogP contribution in [-0.4, -0.2) is 31.2 Å². The van der Waals surface area contributed by atoms with Crippen LogP contribution in [-0.2, 0) is 0 Å².